The number of carboxylic acids is 1. The van der Waals surface area contributed by atoms with E-state index in [-0.39, 0.29) is 19.4 Å². The fourth-order valence-corrected chi connectivity index (χ4v) is 3.73. The zero-order valence-corrected chi connectivity index (χ0v) is 19.2. The smallest absolute Gasteiger partial charge is 0.396 e. The molecule has 0 spiro atoms. The fourth-order valence-electron chi connectivity index (χ4n) is 3.73. The van der Waals surface area contributed by atoms with Crippen LogP contribution in [0.2, 0.25) is 0 Å². The third kappa shape index (κ3) is 6.81. The number of carbonyl (C=O) groups is 3. The summed E-state index contributed by atoms with van der Waals surface area (Å²) < 4.78 is 12.0. The molecule has 1 saturated heterocycles. The molecule has 1 aromatic heterocycles. The van der Waals surface area contributed by atoms with E-state index < -0.39 is 60.0 Å². The third-order valence-corrected chi connectivity index (χ3v) is 5.54. The SMILES string of the molecule is Cc1cn(C[C@H]2C[C@H](N=[N+]=[N-])[C@@H](COC(=O)C(=O)N[C@@H](Cc3ccccc3)C(=O)O)O2)c(=O)[nH]c1=O. The van der Waals surface area contributed by atoms with Gasteiger partial charge in [-0.15, -0.1) is 0 Å². The number of aliphatic carboxylic acids is 1. The van der Waals surface area contributed by atoms with Gasteiger partial charge in [0.1, 0.15) is 18.8 Å². The van der Waals surface area contributed by atoms with Crippen LogP contribution in [0, 0.1) is 6.92 Å². The predicted molar refractivity (Wildman–Crippen MR) is 123 cm³/mol. The highest BCUT2D eigenvalue weighted by Gasteiger charge is 2.36. The van der Waals surface area contributed by atoms with E-state index in [9.17, 15) is 29.1 Å². The van der Waals surface area contributed by atoms with Gasteiger partial charge in [-0.25, -0.2) is 14.4 Å². The molecule has 4 atom stereocenters. The molecule has 14 nitrogen and oxygen atoms in total. The average molecular weight is 500 g/mol. The minimum absolute atomic E-state index is 0.0365. The summed E-state index contributed by atoms with van der Waals surface area (Å²) in [4.78, 5) is 64.4. The first-order chi connectivity index (χ1) is 17.2. The van der Waals surface area contributed by atoms with Crippen molar-refractivity contribution < 1.29 is 29.0 Å². The normalized spacial score (nSPS) is 19.6. The molecule has 1 aliphatic heterocycles. The average Bonchev–Trinajstić information content (AvgIpc) is 3.22. The molecular formula is C22H24N6O8. The first kappa shape index (κ1) is 26.2. The lowest BCUT2D eigenvalue weighted by molar-refractivity contribution is -0.159. The number of H-pyrrole nitrogens is 1. The number of esters is 1. The third-order valence-electron chi connectivity index (χ3n) is 5.54. The zero-order valence-electron chi connectivity index (χ0n) is 19.2. The highest BCUT2D eigenvalue weighted by atomic mass is 16.6. The second-order valence-corrected chi connectivity index (χ2v) is 8.18. The zero-order chi connectivity index (χ0) is 26.2. The molecular weight excluding hydrogens is 476 g/mol. The van der Waals surface area contributed by atoms with Gasteiger partial charge in [0.25, 0.3) is 5.56 Å². The summed E-state index contributed by atoms with van der Waals surface area (Å²) in [7, 11) is 0. The summed E-state index contributed by atoms with van der Waals surface area (Å²) >= 11 is 0. The molecule has 2 heterocycles. The largest absolute Gasteiger partial charge is 0.480 e. The van der Waals surface area contributed by atoms with E-state index in [2.05, 4.69) is 20.3 Å². The Labute approximate surface area is 203 Å². The lowest BCUT2D eigenvalue weighted by atomic mass is 10.1. The van der Waals surface area contributed by atoms with Gasteiger partial charge in [0, 0.05) is 23.1 Å². The molecule has 0 bridgehead atoms. The molecule has 190 valence electrons. The number of aryl methyl sites for hydroxylation is 1. The van der Waals surface area contributed by atoms with Gasteiger partial charge < -0.3 is 19.9 Å². The summed E-state index contributed by atoms with van der Waals surface area (Å²) in [6, 6.07) is 6.46. The molecule has 1 amide bonds. The van der Waals surface area contributed by atoms with Crippen LogP contribution in [0.3, 0.4) is 0 Å². The molecule has 1 fully saturated rings. The Morgan fingerprint density at radius 1 is 1.33 bits per heavy atom. The standard InChI is InChI=1S/C22H24N6O8/c1-12-9-28(22(34)25-18(12)29)10-14-8-15(26-27-23)17(36-14)11-35-21(33)19(30)24-16(20(31)32)7-13-5-3-2-4-6-13/h2-6,9,14-17H,7-8,10-11H2,1H3,(H,24,30)(H,31,32)(H,25,29,34)/t14-,15+,16+,17-/m1/s1. The molecule has 0 radical (unpaired) electrons. The second kappa shape index (κ2) is 11.8. The van der Waals surface area contributed by atoms with E-state index in [1.807, 2.05) is 0 Å². The van der Waals surface area contributed by atoms with Crippen molar-refractivity contribution in [2.45, 2.75) is 50.6 Å². The van der Waals surface area contributed by atoms with Crippen LogP contribution < -0.4 is 16.6 Å². The monoisotopic (exact) mass is 500 g/mol. The van der Waals surface area contributed by atoms with Crippen LogP contribution in [-0.4, -0.2) is 63.4 Å². The van der Waals surface area contributed by atoms with Crippen LogP contribution in [0.15, 0.2) is 51.2 Å². The molecule has 3 N–H and O–H groups in total. The van der Waals surface area contributed by atoms with E-state index in [1.54, 1.807) is 30.3 Å². The summed E-state index contributed by atoms with van der Waals surface area (Å²) in [5, 5.41) is 15.2. The first-order valence-corrected chi connectivity index (χ1v) is 10.9. The van der Waals surface area contributed by atoms with Crippen molar-refractivity contribution in [1.82, 2.24) is 14.9 Å². The van der Waals surface area contributed by atoms with E-state index >= 15 is 0 Å². The number of aromatic amines is 1. The summed E-state index contributed by atoms with van der Waals surface area (Å²) in [5.74, 6) is -3.89. The maximum absolute atomic E-state index is 12.2. The second-order valence-electron chi connectivity index (χ2n) is 8.18. The van der Waals surface area contributed by atoms with Crippen molar-refractivity contribution in [2.75, 3.05) is 6.61 Å². The quantitative estimate of drug-likeness (QED) is 0.140. The molecule has 0 saturated carbocycles. The van der Waals surface area contributed by atoms with Crippen molar-refractivity contribution in [3.8, 4) is 0 Å². The number of nitrogens with zero attached hydrogens (tertiary/aromatic N) is 4. The van der Waals surface area contributed by atoms with Crippen molar-refractivity contribution in [2.24, 2.45) is 5.11 Å². The van der Waals surface area contributed by atoms with Crippen molar-refractivity contribution in [3.05, 3.63) is 78.9 Å². The van der Waals surface area contributed by atoms with Gasteiger partial charge in [0.2, 0.25) is 0 Å². The number of benzene rings is 1. The van der Waals surface area contributed by atoms with Gasteiger partial charge in [-0.3, -0.25) is 19.1 Å². The predicted octanol–water partition coefficient (Wildman–Crippen LogP) is 0.0367. The Bertz CT molecular complexity index is 1280. The van der Waals surface area contributed by atoms with E-state index in [0.717, 1.165) is 0 Å². The van der Waals surface area contributed by atoms with Crippen molar-refractivity contribution in [3.63, 3.8) is 0 Å². The van der Waals surface area contributed by atoms with Gasteiger partial charge in [-0.1, -0.05) is 35.4 Å². The molecule has 0 aliphatic carbocycles. The lowest BCUT2D eigenvalue weighted by Gasteiger charge is -2.17. The Hall–Kier alpha value is -4.42. The topological polar surface area (TPSA) is 206 Å². The Balaban J connectivity index is 1.58. The van der Waals surface area contributed by atoms with Gasteiger partial charge in [0.15, 0.2) is 0 Å². The van der Waals surface area contributed by atoms with Crippen molar-refractivity contribution in [1.29, 1.82) is 0 Å². The Morgan fingerprint density at radius 2 is 2.06 bits per heavy atom. The number of nitrogens with one attached hydrogen (secondary N) is 2. The fraction of sp³-hybridized carbons (Fsp3) is 0.409. The van der Waals surface area contributed by atoms with Crippen LogP contribution in [0.5, 0.6) is 0 Å². The number of rotatable bonds is 9. The van der Waals surface area contributed by atoms with E-state index in [4.69, 9.17) is 15.0 Å². The molecule has 2 aromatic rings. The van der Waals surface area contributed by atoms with Crippen LogP contribution in [0.25, 0.3) is 10.4 Å². The minimum Gasteiger partial charge on any atom is -0.480 e. The van der Waals surface area contributed by atoms with E-state index in [1.165, 1.54) is 17.7 Å². The number of ether oxygens (including phenoxy) is 2. The molecule has 3 rings (SSSR count). The summed E-state index contributed by atoms with van der Waals surface area (Å²) in [6.07, 6.45) is 0.0241. The van der Waals surface area contributed by atoms with Gasteiger partial charge in [-0.05, 0) is 24.4 Å². The summed E-state index contributed by atoms with van der Waals surface area (Å²) in [6.45, 7) is 1.14. The van der Waals surface area contributed by atoms with Crippen LogP contribution in [-0.2, 0) is 36.8 Å². The van der Waals surface area contributed by atoms with Crippen molar-refractivity contribution >= 4 is 17.8 Å². The van der Waals surface area contributed by atoms with Gasteiger partial charge >= 0.3 is 23.5 Å². The molecule has 14 heteroatoms. The minimum atomic E-state index is -1.35. The number of hydrogen-bond donors (Lipinski definition) is 3. The first-order valence-electron chi connectivity index (χ1n) is 10.9. The van der Waals surface area contributed by atoms with Gasteiger partial charge in [0.05, 0.1) is 18.7 Å². The molecule has 1 aromatic carbocycles. The number of carboxylic acid groups (broad SMARTS) is 1. The van der Waals surface area contributed by atoms with E-state index in [0.29, 0.717) is 11.1 Å². The maximum atomic E-state index is 12.2. The molecule has 36 heavy (non-hydrogen) atoms. The molecule has 0 unspecified atom stereocenters. The number of hydrogen-bond acceptors (Lipinski definition) is 8. The Morgan fingerprint density at radius 3 is 2.72 bits per heavy atom. The number of azide groups is 1. The lowest BCUT2D eigenvalue weighted by Crippen LogP contribution is -2.46. The number of amides is 1. The Kier molecular flexibility index (Phi) is 8.60. The summed E-state index contributed by atoms with van der Waals surface area (Å²) in [5.41, 5.74) is 8.68. The molecule has 1 aliphatic rings. The number of carbonyl (C=O) groups excluding carboxylic acids is 2. The van der Waals surface area contributed by atoms with Crippen LogP contribution >= 0.6 is 0 Å². The van der Waals surface area contributed by atoms with Gasteiger partial charge in [-0.2, -0.15) is 0 Å². The maximum Gasteiger partial charge on any atom is 0.396 e. The highest BCUT2D eigenvalue weighted by molar-refractivity contribution is 6.32. The highest BCUT2D eigenvalue weighted by Crippen LogP contribution is 2.25. The number of aromatic nitrogens is 2. The van der Waals surface area contributed by atoms with Crippen LogP contribution in [0.4, 0.5) is 0 Å². The van der Waals surface area contributed by atoms with Crippen LogP contribution in [0.1, 0.15) is 17.5 Å².